The zero-order valence-electron chi connectivity index (χ0n) is 11.1. The molecule has 2 aromatic heterocycles. The van der Waals surface area contributed by atoms with E-state index in [9.17, 15) is 4.39 Å². The summed E-state index contributed by atoms with van der Waals surface area (Å²) in [6, 6.07) is 9.61. The van der Waals surface area contributed by atoms with Crippen molar-refractivity contribution in [2.45, 2.75) is 6.92 Å². The zero-order valence-corrected chi connectivity index (χ0v) is 12.6. The summed E-state index contributed by atoms with van der Waals surface area (Å²) in [7, 11) is 0. The van der Waals surface area contributed by atoms with Crippen LogP contribution in [0.3, 0.4) is 0 Å². The molecule has 21 heavy (non-hydrogen) atoms. The Morgan fingerprint density at radius 3 is 2.71 bits per heavy atom. The molecule has 0 bridgehead atoms. The summed E-state index contributed by atoms with van der Waals surface area (Å²) >= 11 is 3.46. The van der Waals surface area contributed by atoms with Gasteiger partial charge in [0.05, 0.1) is 11.2 Å². The van der Waals surface area contributed by atoms with E-state index in [1.807, 2.05) is 30.3 Å². The van der Waals surface area contributed by atoms with E-state index in [1.165, 1.54) is 0 Å². The van der Waals surface area contributed by atoms with Crippen molar-refractivity contribution in [3.63, 3.8) is 0 Å². The Morgan fingerprint density at radius 2 is 1.95 bits per heavy atom. The summed E-state index contributed by atoms with van der Waals surface area (Å²) in [6.45, 7) is 1.55. The average Bonchev–Trinajstić information content (AvgIpc) is 2.49. The molecule has 0 aliphatic heterocycles. The number of aryl methyl sites for hydroxylation is 1. The summed E-state index contributed by atoms with van der Waals surface area (Å²) in [5, 5.41) is 0.990. The first-order chi connectivity index (χ1) is 10.1. The zero-order chi connectivity index (χ0) is 15.0. The van der Waals surface area contributed by atoms with Crippen LogP contribution in [-0.2, 0) is 0 Å². The van der Waals surface area contributed by atoms with Gasteiger partial charge in [-0.1, -0.05) is 18.2 Å². The third-order valence-corrected chi connectivity index (χ3v) is 3.65. The van der Waals surface area contributed by atoms with E-state index in [1.54, 1.807) is 6.92 Å². The lowest BCUT2D eigenvalue weighted by molar-refractivity contribution is 0.606. The lowest BCUT2D eigenvalue weighted by Gasteiger charge is -2.09. The normalized spacial score (nSPS) is 10.9. The Balaban J connectivity index is 2.25. The van der Waals surface area contributed by atoms with Crippen LogP contribution in [0.25, 0.3) is 22.4 Å². The molecule has 0 amide bonds. The van der Waals surface area contributed by atoms with E-state index in [4.69, 9.17) is 5.84 Å². The molecule has 106 valence electrons. The molecule has 7 heteroatoms. The van der Waals surface area contributed by atoms with Crippen molar-refractivity contribution in [2.75, 3.05) is 5.43 Å². The monoisotopic (exact) mass is 347 g/mol. The first-order valence-electron chi connectivity index (χ1n) is 6.16. The number of rotatable bonds is 2. The molecular weight excluding hydrogens is 337 g/mol. The molecule has 0 radical (unpaired) electrons. The number of nitrogen functional groups attached to an aromatic ring is 1. The third-order valence-electron chi connectivity index (χ3n) is 3.04. The number of hydrogen-bond donors (Lipinski definition) is 2. The summed E-state index contributed by atoms with van der Waals surface area (Å²) in [6.07, 6.45) is 0. The Bertz CT molecular complexity index is 837. The highest BCUT2D eigenvalue weighted by Gasteiger charge is 2.15. The summed E-state index contributed by atoms with van der Waals surface area (Å²) in [5.41, 5.74) is 3.78. The minimum atomic E-state index is -0.571. The number of hydrogen-bond acceptors (Lipinski definition) is 5. The van der Waals surface area contributed by atoms with Crippen LogP contribution in [0.1, 0.15) is 5.69 Å². The van der Waals surface area contributed by atoms with Gasteiger partial charge in [-0.15, -0.1) is 0 Å². The molecule has 0 saturated heterocycles. The molecule has 0 saturated carbocycles. The average molecular weight is 348 g/mol. The molecular formula is C14H11BrFN5. The van der Waals surface area contributed by atoms with E-state index in [0.29, 0.717) is 11.5 Å². The molecule has 3 aromatic rings. The second-order valence-electron chi connectivity index (χ2n) is 4.45. The van der Waals surface area contributed by atoms with Gasteiger partial charge in [-0.3, -0.25) is 0 Å². The molecule has 3 rings (SSSR count). The number of aromatic nitrogens is 3. The maximum atomic E-state index is 13.8. The number of para-hydroxylation sites is 1. The standard InChI is InChI=1S/C14H11BrFN5/c1-7-11(16)13(21-17)20-14(18-7)12-9(15)6-8-4-2-3-5-10(8)19-12/h2-6H,17H2,1H3,(H,18,20,21). The first kappa shape index (κ1) is 13.8. The number of benzene rings is 1. The second kappa shape index (κ2) is 5.34. The van der Waals surface area contributed by atoms with Gasteiger partial charge in [-0.05, 0) is 35.0 Å². The van der Waals surface area contributed by atoms with Crippen LogP contribution < -0.4 is 11.3 Å². The Kier molecular flexibility index (Phi) is 3.52. The van der Waals surface area contributed by atoms with Crippen molar-refractivity contribution in [1.29, 1.82) is 0 Å². The van der Waals surface area contributed by atoms with Gasteiger partial charge in [-0.2, -0.15) is 0 Å². The number of nitrogens with two attached hydrogens (primary N) is 1. The fourth-order valence-electron chi connectivity index (χ4n) is 2.01. The Morgan fingerprint density at radius 1 is 1.19 bits per heavy atom. The van der Waals surface area contributed by atoms with E-state index in [-0.39, 0.29) is 11.5 Å². The Labute approximate surface area is 128 Å². The molecule has 0 atom stereocenters. The molecule has 1 aromatic carbocycles. The summed E-state index contributed by atoms with van der Waals surface area (Å²) in [4.78, 5) is 12.7. The van der Waals surface area contributed by atoms with Gasteiger partial charge < -0.3 is 5.43 Å². The van der Waals surface area contributed by atoms with E-state index < -0.39 is 5.82 Å². The van der Waals surface area contributed by atoms with Gasteiger partial charge >= 0.3 is 0 Å². The molecule has 3 N–H and O–H groups in total. The topological polar surface area (TPSA) is 76.7 Å². The van der Waals surface area contributed by atoms with Crippen LogP contribution in [0.15, 0.2) is 34.8 Å². The largest absolute Gasteiger partial charge is 0.306 e. The van der Waals surface area contributed by atoms with Crippen LogP contribution in [0.4, 0.5) is 10.2 Å². The highest BCUT2D eigenvalue weighted by Crippen LogP contribution is 2.29. The van der Waals surface area contributed by atoms with Gasteiger partial charge in [0.25, 0.3) is 0 Å². The molecule has 0 unspecified atom stereocenters. The van der Waals surface area contributed by atoms with Gasteiger partial charge in [0, 0.05) is 9.86 Å². The van der Waals surface area contributed by atoms with Crippen molar-refractivity contribution >= 4 is 32.7 Å². The highest BCUT2D eigenvalue weighted by atomic mass is 79.9. The molecule has 5 nitrogen and oxygen atoms in total. The van der Waals surface area contributed by atoms with Gasteiger partial charge in [0.15, 0.2) is 17.5 Å². The molecule has 0 spiro atoms. The number of hydrazine groups is 1. The SMILES string of the molecule is Cc1nc(-c2nc3ccccc3cc2Br)nc(NN)c1F. The second-order valence-corrected chi connectivity index (χ2v) is 5.31. The number of anilines is 1. The van der Waals surface area contributed by atoms with Gasteiger partial charge in [0.2, 0.25) is 0 Å². The Hall–Kier alpha value is -2.12. The van der Waals surface area contributed by atoms with Crippen LogP contribution in [0.5, 0.6) is 0 Å². The van der Waals surface area contributed by atoms with Crippen LogP contribution in [0, 0.1) is 12.7 Å². The van der Waals surface area contributed by atoms with Crippen molar-refractivity contribution in [3.05, 3.63) is 46.3 Å². The van der Waals surface area contributed by atoms with Crippen molar-refractivity contribution in [2.24, 2.45) is 5.84 Å². The number of nitrogens with zero attached hydrogens (tertiary/aromatic N) is 3. The fraction of sp³-hybridized carbons (Fsp3) is 0.0714. The highest BCUT2D eigenvalue weighted by molar-refractivity contribution is 9.10. The van der Waals surface area contributed by atoms with Crippen LogP contribution >= 0.6 is 15.9 Å². The molecule has 0 aliphatic rings. The fourth-order valence-corrected chi connectivity index (χ4v) is 2.52. The number of nitrogens with one attached hydrogen (secondary N) is 1. The molecule has 2 heterocycles. The molecule has 0 fully saturated rings. The number of halogens is 2. The van der Waals surface area contributed by atoms with Crippen LogP contribution in [0.2, 0.25) is 0 Å². The van der Waals surface area contributed by atoms with Crippen LogP contribution in [-0.4, -0.2) is 15.0 Å². The van der Waals surface area contributed by atoms with E-state index >= 15 is 0 Å². The lowest BCUT2D eigenvalue weighted by atomic mass is 10.2. The lowest BCUT2D eigenvalue weighted by Crippen LogP contribution is -2.13. The number of fused-ring (bicyclic) bond motifs is 1. The summed E-state index contributed by atoms with van der Waals surface area (Å²) in [5.74, 6) is 4.96. The van der Waals surface area contributed by atoms with Crippen molar-refractivity contribution in [1.82, 2.24) is 15.0 Å². The maximum absolute atomic E-state index is 13.8. The van der Waals surface area contributed by atoms with Crippen molar-refractivity contribution in [3.8, 4) is 11.5 Å². The van der Waals surface area contributed by atoms with Gasteiger partial charge in [0.1, 0.15) is 5.69 Å². The quantitative estimate of drug-likeness (QED) is 0.549. The predicted molar refractivity (Wildman–Crippen MR) is 83.0 cm³/mol. The van der Waals surface area contributed by atoms with E-state index in [0.717, 1.165) is 15.4 Å². The smallest absolute Gasteiger partial charge is 0.187 e. The van der Waals surface area contributed by atoms with Crippen molar-refractivity contribution < 1.29 is 4.39 Å². The predicted octanol–water partition coefficient (Wildman–Crippen LogP) is 3.19. The third kappa shape index (κ3) is 2.45. The molecule has 0 aliphatic carbocycles. The van der Waals surface area contributed by atoms with Gasteiger partial charge in [-0.25, -0.2) is 25.2 Å². The maximum Gasteiger partial charge on any atom is 0.187 e. The number of pyridine rings is 1. The minimum Gasteiger partial charge on any atom is -0.306 e. The first-order valence-corrected chi connectivity index (χ1v) is 6.96. The minimum absolute atomic E-state index is 0.0561. The summed E-state index contributed by atoms with van der Waals surface area (Å²) < 4.78 is 14.5. The van der Waals surface area contributed by atoms with E-state index in [2.05, 4.69) is 36.3 Å².